The summed E-state index contributed by atoms with van der Waals surface area (Å²) in [4.78, 5) is 20.9. The monoisotopic (exact) mass is 304 g/mol. The van der Waals surface area contributed by atoms with E-state index in [4.69, 9.17) is 4.74 Å². The van der Waals surface area contributed by atoms with Gasteiger partial charge in [-0.3, -0.25) is 9.69 Å². The van der Waals surface area contributed by atoms with Gasteiger partial charge in [-0.15, -0.1) is 0 Å². The summed E-state index contributed by atoms with van der Waals surface area (Å²) >= 11 is 0. The molecular weight excluding hydrogens is 280 g/mol. The number of likely N-dealkylation sites (tertiary alicyclic amines) is 1. The van der Waals surface area contributed by atoms with Gasteiger partial charge >= 0.3 is 0 Å². The second kappa shape index (κ2) is 6.01. The Balaban J connectivity index is 1.51. The Morgan fingerprint density at radius 2 is 2.18 bits per heavy atom. The summed E-state index contributed by atoms with van der Waals surface area (Å²) in [7, 11) is 0. The molecule has 6 nitrogen and oxygen atoms in total. The van der Waals surface area contributed by atoms with Crippen molar-refractivity contribution in [3.8, 4) is 0 Å². The van der Waals surface area contributed by atoms with Crippen molar-refractivity contribution >= 4 is 5.91 Å². The number of hydrogen-bond donors (Lipinski definition) is 0. The summed E-state index contributed by atoms with van der Waals surface area (Å²) < 4.78 is 7.78. The molecule has 0 radical (unpaired) electrons. The second-order valence-electron chi connectivity index (χ2n) is 6.66. The van der Waals surface area contributed by atoms with Crippen molar-refractivity contribution in [3.63, 3.8) is 0 Å². The third-order valence-electron chi connectivity index (χ3n) is 5.26. The highest BCUT2D eigenvalue weighted by Gasteiger charge is 2.33. The van der Waals surface area contributed by atoms with Crippen LogP contribution in [0.5, 0.6) is 0 Å². The van der Waals surface area contributed by atoms with Crippen LogP contribution in [-0.2, 0) is 16.1 Å². The van der Waals surface area contributed by atoms with E-state index in [2.05, 4.69) is 14.5 Å². The quantitative estimate of drug-likeness (QED) is 0.837. The highest BCUT2D eigenvalue weighted by Crippen LogP contribution is 2.27. The van der Waals surface area contributed by atoms with Gasteiger partial charge in [-0.1, -0.05) is 0 Å². The number of carbonyl (C=O) groups is 1. The molecule has 120 valence electrons. The van der Waals surface area contributed by atoms with Crippen LogP contribution < -0.4 is 0 Å². The predicted molar refractivity (Wildman–Crippen MR) is 81.3 cm³/mol. The first-order chi connectivity index (χ1) is 10.8. The van der Waals surface area contributed by atoms with Crippen LogP contribution in [0, 0.1) is 0 Å². The molecule has 3 aliphatic heterocycles. The summed E-state index contributed by atoms with van der Waals surface area (Å²) in [6.45, 7) is 5.46. The topological polar surface area (TPSA) is 50.6 Å². The van der Waals surface area contributed by atoms with Crippen LogP contribution in [0.2, 0.25) is 0 Å². The first kappa shape index (κ1) is 14.2. The van der Waals surface area contributed by atoms with Crippen molar-refractivity contribution < 1.29 is 9.53 Å². The van der Waals surface area contributed by atoms with Gasteiger partial charge in [-0.25, -0.2) is 4.98 Å². The Morgan fingerprint density at radius 1 is 1.32 bits per heavy atom. The molecule has 0 unspecified atom stereocenters. The molecule has 0 spiro atoms. The number of amides is 1. The van der Waals surface area contributed by atoms with E-state index in [0.717, 1.165) is 58.7 Å². The molecule has 0 bridgehead atoms. The van der Waals surface area contributed by atoms with E-state index in [9.17, 15) is 4.79 Å². The van der Waals surface area contributed by atoms with Gasteiger partial charge in [0.15, 0.2) is 0 Å². The van der Waals surface area contributed by atoms with Crippen LogP contribution in [0.1, 0.15) is 37.4 Å². The summed E-state index contributed by atoms with van der Waals surface area (Å²) in [6, 6.07) is 0.935. The number of carbonyl (C=O) groups excluding carboxylic acids is 1. The van der Waals surface area contributed by atoms with Crippen LogP contribution in [-0.4, -0.2) is 64.1 Å². The molecule has 3 aliphatic rings. The molecule has 2 saturated heterocycles. The minimum Gasteiger partial charge on any atom is -0.381 e. The Labute approximate surface area is 131 Å². The Kier molecular flexibility index (Phi) is 3.88. The van der Waals surface area contributed by atoms with E-state index in [1.807, 2.05) is 17.4 Å². The zero-order valence-corrected chi connectivity index (χ0v) is 13.0. The third kappa shape index (κ3) is 2.65. The zero-order valence-electron chi connectivity index (χ0n) is 13.0. The number of hydrogen-bond acceptors (Lipinski definition) is 4. The van der Waals surface area contributed by atoms with Crippen LogP contribution in [0.15, 0.2) is 12.5 Å². The van der Waals surface area contributed by atoms with Gasteiger partial charge in [0.1, 0.15) is 0 Å². The molecule has 4 rings (SSSR count). The fourth-order valence-corrected chi connectivity index (χ4v) is 4.04. The van der Waals surface area contributed by atoms with Gasteiger partial charge in [0.25, 0.3) is 0 Å². The van der Waals surface area contributed by atoms with Gasteiger partial charge in [-0.2, -0.15) is 0 Å². The van der Waals surface area contributed by atoms with Crippen molar-refractivity contribution in [1.82, 2.24) is 19.4 Å². The highest BCUT2D eigenvalue weighted by molar-refractivity contribution is 5.78. The number of rotatable bonds is 3. The lowest BCUT2D eigenvalue weighted by molar-refractivity contribution is -0.128. The maximum Gasteiger partial charge on any atom is 0.222 e. The van der Waals surface area contributed by atoms with Gasteiger partial charge < -0.3 is 14.2 Å². The number of imidazole rings is 1. The molecule has 0 aromatic carbocycles. The van der Waals surface area contributed by atoms with Crippen molar-refractivity contribution in [2.45, 2.75) is 44.3 Å². The third-order valence-corrected chi connectivity index (χ3v) is 5.26. The van der Waals surface area contributed by atoms with Crippen molar-refractivity contribution in [2.24, 2.45) is 0 Å². The molecule has 0 N–H and O–H groups in total. The Morgan fingerprint density at radius 3 is 2.95 bits per heavy atom. The maximum absolute atomic E-state index is 12.0. The van der Waals surface area contributed by atoms with Gasteiger partial charge in [0.2, 0.25) is 5.91 Å². The van der Waals surface area contributed by atoms with Crippen LogP contribution in [0.4, 0.5) is 0 Å². The second-order valence-corrected chi connectivity index (χ2v) is 6.66. The number of aromatic nitrogens is 2. The standard InChI is InChI=1S/C16H24N4O2/c21-16-2-1-5-18(16)10-15-11-19(13-3-6-22-7-4-13)9-14-8-17-12-20(14)15/h8,12-13,15H,1-7,9-11H2/t15-/m0/s1. The van der Waals surface area contributed by atoms with Crippen molar-refractivity contribution in [1.29, 1.82) is 0 Å². The molecular formula is C16H24N4O2. The zero-order chi connectivity index (χ0) is 14.9. The molecule has 1 atom stereocenters. The predicted octanol–water partition coefficient (Wildman–Crippen LogP) is 1.04. The lowest BCUT2D eigenvalue weighted by Gasteiger charge is -2.41. The first-order valence-electron chi connectivity index (χ1n) is 8.41. The van der Waals surface area contributed by atoms with Gasteiger partial charge in [0.05, 0.1) is 18.1 Å². The van der Waals surface area contributed by atoms with Crippen LogP contribution >= 0.6 is 0 Å². The summed E-state index contributed by atoms with van der Waals surface area (Å²) in [6.07, 6.45) is 7.86. The van der Waals surface area contributed by atoms with E-state index < -0.39 is 0 Å². The van der Waals surface area contributed by atoms with Gasteiger partial charge in [-0.05, 0) is 19.3 Å². The average molecular weight is 304 g/mol. The lowest BCUT2D eigenvalue weighted by Crippen LogP contribution is -2.48. The molecule has 0 saturated carbocycles. The molecule has 1 aromatic heterocycles. The molecule has 22 heavy (non-hydrogen) atoms. The summed E-state index contributed by atoms with van der Waals surface area (Å²) in [5, 5.41) is 0. The lowest BCUT2D eigenvalue weighted by atomic mass is 10.0. The van der Waals surface area contributed by atoms with Gasteiger partial charge in [0, 0.05) is 58.1 Å². The minimum absolute atomic E-state index is 0.310. The number of nitrogens with zero attached hydrogens (tertiary/aromatic N) is 4. The Bertz CT molecular complexity index is 538. The summed E-state index contributed by atoms with van der Waals surface area (Å²) in [5.74, 6) is 0.310. The molecule has 4 heterocycles. The summed E-state index contributed by atoms with van der Waals surface area (Å²) in [5.41, 5.74) is 1.27. The molecule has 2 fully saturated rings. The first-order valence-corrected chi connectivity index (χ1v) is 8.41. The largest absolute Gasteiger partial charge is 0.381 e. The molecule has 0 aliphatic carbocycles. The molecule has 1 aromatic rings. The Hall–Kier alpha value is -1.40. The van der Waals surface area contributed by atoms with Crippen LogP contribution in [0.3, 0.4) is 0 Å². The number of fused-ring (bicyclic) bond motifs is 1. The molecule has 1 amide bonds. The smallest absolute Gasteiger partial charge is 0.222 e. The van der Waals surface area contributed by atoms with E-state index in [1.54, 1.807) is 0 Å². The van der Waals surface area contributed by atoms with E-state index in [1.165, 1.54) is 5.69 Å². The fourth-order valence-electron chi connectivity index (χ4n) is 4.04. The fraction of sp³-hybridized carbons (Fsp3) is 0.750. The van der Waals surface area contributed by atoms with Crippen molar-refractivity contribution in [3.05, 3.63) is 18.2 Å². The van der Waals surface area contributed by atoms with Crippen LogP contribution in [0.25, 0.3) is 0 Å². The van der Waals surface area contributed by atoms with E-state index in [-0.39, 0.29) is 0 Å². The van der Waals surface area contributed by atoms with E-state index >= 15 is 0 Å². The average Bonchev–Trinajstić information content (AvgIpc) is 3.17. The minimum atomic E-state index is 0.310. The normalized spacial score (nSPS) is 27.4. The van der Waals surface area contributed by atoms with Crippen molar-refractivity contribution in [2.75, 3.05) is 32.8 Å². The SMILES string of the molecule is O=C1CCCN1C[C@H]1CN(C2CCOCC2)Cc2cncn21. The maximum atomic E-state index is 12.0. The number of ether oxygens (including phenoxy) is 1. The van der Waals surface area contributed by atoms with E-state index in [0.29, 0.717) is 24.4 Å². The molecule has 6 heteroatoms. The highest BCUT2D eigenvalue weighted by atomic mass is 16.5.